The molecule has 6 heteroatoms. The summed E-state index contributed by atoms with van der Waals surface area (Å²) in [5, 5.41) is 9.13. The molecule has 1 aromatic rings. The van der Waals surface area contributed by atoms with Crippen molar-refractivity contribution in [3.05, 3.63) is 23.9 Å². The average Bonchev–Trinajstić information content (AvgIpc) is 3.50. The standard InChI is InChI=1S/C20H27N5O/c1-23-11-12-25(18-4-2-3-17(13-21)22-18)15-20(23)8-7-19(26)24(10-9-20)14-16-5-6-16/h2-4,16H,5-12,14-15H2,1H3/t20-/m0/s1. The zero-order valence-electron chi connectivity index (χ0n) is 15.5. The van der Waals surface area contributed by atoms with Crippen molar-refractivity contribution in [2.24, 2.45) is 5.92 Å². The topological polar surface area (TPSA) is 63.5 Å². The molecule has 4 rings (SSSR count). The maximum absolute atomic E-state index is 12.6. The Balaban J connectivity index is 1.52. The maximum atomic E-state index is 12.6. The number of nitriles is 1. The first-order chi connectivity index (χ1) is 12.6. The number of aromatic nitrogens is 1. The molecular weight excluding hydrogens is 326 g/mol. The minimum absolute atomic E-state index is 0.0105. The molecule has 3 fully saturated rings. The van der Waals surface area contributed by atoms with Crippen molar-refractivity contribution >= 4 is 11.7 Å². The molecule has 2 saturated heterocycles. The normalized spacial score (nSPS) is 27.5. The van der Waals surface area contributed by atoms with Gasteiger partial charge in [-0.05, 0) is 50.8 Å². The Bertz CT molecular complexity index is 725. The Morgan fingerprint density at radius 2 is 2.12 bits per heavy atom. The number of anilines is 1. The molecule has 0 unspecified atom stereocenters. The lowest BCUT2D eigenvalue weighted by Gasteiger charge is -2.49. The van der Waals surface area contributed by atoms with Gasteiger partial charge in [0.2, 0.25) is 5.91 Å². The van der Waals surface area contributed by atoms with Gasteiger partial charge >= 0.3 is 0 Å². The molecule has 26 heavy (non-hydrogen) atoms. The summed E-state index contributed by atoms with van der Waals surface area (Å²) in [4.78, 5) is 23.9. The van der Waals surface area contributed by atoms with Crippen LogP contribution in [0.15, 0.2) is 18.2 Å². The highest BCUT2D eigenvalue weighted by Gasteiger charge is 2.43. The first kappa shape index (κ1) is 17.3. The Morgan fingerprint density at radius 1 is 1.27 bits per heavy atom. The van der Waals surface area contributed by atoms with Crippen LogP contribution < -0.4 is 4.90 Å². The summed E-state index contributed by atoms with van der Waals surface area (Å²) < 4.78 is 0. The van der Waals surface area contributed by atoms with Crippen molar-refractivity contribution in [2.45, 2.75) is 37.6 Å². The molecule has 6 nitrogen and oxygen atoms in total. The number of amides is 1. The number of pyridine rings is 1. The quantitative estimate of drug-likeness (QED) is 0.830. The number of carbonyl (C=O) groups is 1. The van der Waals surface area contributed by atoms with Gasteiger partial charge in [-0.25, -0.2) is 4.98 Å². The highest BCUT2D eigenvalue weighted by molar-refractivity contribution is 5.76. The van der Waals surface area contributed by atoms with Crippen LogP contribution in [0.1, 0.15) is 37.8 Å². The highest BCUT2D eigenvalue weighted by Crippen LogP contribution is 2.35. The molecule has 0 radical (unpaired) electrons. The number of piperazine rings is 1. The van der Waals surface area contributed by atoms with Crippen LogP contribution in [0.5, 0.6) is 0 Å². The van der Waals surface area contributed by atoms with Crippen LogP contribution in [0.2, 0.25) is 0 Å². The zero-order valence-corrected chi connectivity index (χ0v) is 15.5. The molecular formula is C20H27N5O. The summed E-state index contributed by atoms with van der Waals surface area (Å²) in [6.07, 6.45) is 5.11. The largest absolute Gasteiger partial charge is 0.353 e. The van der Waals surface area contributed by atoms with Gasteiger partial charge in [-0.2, -0.15) is 5.26 Å². The van der Waals surface area contributed by atoms with Crippen molar-refractivity contribution < 1.29 is 4.79 Å². The molecule has 0 bridgehead atoms. The monoisotopic (exact) mass is 353 g/mol. The number of hydrogen-bond acceptors (Lipinski definition) is 5. The summed E-state index contributed by atoms with van der Waals surface area (Å²) in [5.74, 6) is 1.94. The van der Waals surface area contributed by atoms with E-state index in [1.165, 1.54) is 12.8 Å². The smallest absolute Gasteiger partial charge is 0.222 e. The van der Waals surface area contributed by atoms with E-state index >= 15 is 0 Å². The van der Waals surface area contributed by atoms with Gasteiger partial charge in [0.25, 0.3) is 0 Å². The Hall–Kier alpha value is -2.13. The van der Waals surface area contributed by atoms with Crippen molar-refractivity contribution in [3.63, 3.8) is 0 Å². The van der Waals surface area contributed by atoms with Crippen molar-refractivity contribution in [2.75, 3.05) is 44.7 Å². The van der Waals surface area contributed by atoms with Gasteiger partial charge in [-0.1, -0.05) is 6.07 Å². The van der Waals surface area contributed by atoms with E-state index in [0.717, 1.165) is 57.3 Å². The minimum atomic E-state index is 0.0105. The van der Waals surface area contributed by atoms with Crippen molar-refractivity contribution in [1.29, 1.82) is 5.26 Å². The van der Waals surface area contributed by atoms with Gasteiger partial charge < -0.3 is 9.80 Å². The van der Waals surface area contributed by atoms with Crippen LogP contribution in [-0.2, 0) is 4.79 Å². The van der Waals surface area contributed by atoms with Crippen LogP contribution >= 0.6 is 0 Å². The molecule has 138 valence electrons. The molecule has 1 aromatic heterocycles. The number of likely N-dealkylation sites (tertiary alicyclic amines) is 1. The summed E-state index contributed by atoms with van der Waals surface area (Å²) in [5.41, 5.74) is 0.471. The fourth-order valence-electron chi connectivity index (χ4n) is 4.36. The second-order valence-corrected chi connectivity index (χ2v) is 8.09. The van der Waals surface area contributed by atoms with Gasteiger partial charge in [-0.15, -0.1) is 0 Å². The van der Waals surface area contributed by atoms with E-state index < -0.39 is 0 Å². The van der Waals surface area contributed by atoms with Crippen LogP contribution in [0.3, 0.4) is 0 Å². The van der Waals surface area contributed by atoms with Crippen LogP contribution in [0, 0.1) is 17.2 Å². The first-order valence-corrected chi connectivity index (χ1v) is 9.71. The van der Waals surface area contributed by atoms with Crippen LogP contribution in [0.4, 0.5) is 5.82 Å². The first-order valence-electron chi connectivity index (χ1n) is 9.71. The maximum Gasteiger partial charge on any atom is 0.222 e. The summed E-state index contributed by atoms with van der Waals surface area (Å²) in [6, 6.07) is 7.77. The van der Waals surface area contributed by atoms with Gasteiger partial charge in [0.15, 0.2) is 0 Å². The third kappa shape index (κ3) is 3.41. The Labute approximate surface area is 155 Å². The third-order valence-electron chi connectivity index (χ3n) is 6.35. The predicted molar refractivity (Wildman–Crippen MR) is 99.7 cm³/mol. The van der Waals surface area contributed by atoms with Gasteiger partial charge in [0.05, 0.1) is 0 Å². The molecule has 2 aliphatic heterocycles. The van der Waals surface area contributed by atoms with Gasteiger partial charge in [0, 0.05) is 44.7 Å². The third-order valence-corrected chi connectivity index (χ3v) is 6.35. The van der Waals surface area contributed by atoms with E-state index in [-0.39, 0.29) is 5.54 Å². The lowest BCUT2D eigenvalue weighted by molar-refractivity contribution is -0.130. The number of likely N-dealkylation sites (N-methyl/N-ethyl adjacent to an activating group) is 1. The summed E-state index contributed by atoms with van der Waals surface area (Å²) in [6.45, 7) is 4.54. The lowest BCUT2D eigenvalue weighted by Crippen LogP contribution is -2.61. The summed E-state index contributed by atoms with van der Waals surface area (Å²) in [7, 11) is 2.19. The second kappa shape index (κ2) is 6.88. The van der Waals surface area contributed by atoms with E-state index in [1.807, 2.05) is 12.1 Å². The van der Waals surface area contributed by atoms with E-state index in [1.54, 1.807) is 6.07 Å². The number of hydrogen-bond donors (Lipinski definition) is 0. The summed E-state index contributed by atoms with van der Waals surface area (Å²) >= 11 is 0. The molecule has 1 saturated carbocycles. The van der Waals surface area contributed by atoms with Crippen molar-refractivity contribution in [3.8, 4) is 6.07 Å². The van der Waals surface area contributed by atoms with Crippen LogP contribution in [0.25, 0.3) is 0 Å². The number of rotatable bonds is 3. The molecule has 0 aromatic carbocycles. The van der Waals surface area contributed by atoms with E-state index in [4.69, 9.17) is 5.26 Å². The SMILES string of the molecule is CN1CCN(c2cccc(C#N)n2)C[C@@]12CCC(=O)N(CC1CC1)CC2. The van der Waals surface area contributed by atoms with E-state index in [2.05, 4.69) is 32.8 Å². The fraction of sp³-hybridized carbons (Fsp3) is 0.650. The second-order valence-electron chi connectivity index (χ2n) is 8.09. The van der Waals surface area contributed by atoms with E-state index in [0.29, 0.717) is 18.0 Å². The highest BCUT2D eigenvalue weighted by atomic mass is 16.2. The molecule has 1 spiro atoms. The molecule has 1 aliphatic carbocycles. The van der Waals surface area contributed by atoms with E-state index in [9.17, 15) is 4.79 Å². The Kier molecular flexibility index (Phi) is 4.58. The number of nitrogens with zero attached hydrogens (tertiary/aromatic N) is 5. The minimum Gasteiger partial charge on any atom is -0.353 e. The van der Waals surface area contributed by atoms with Crippen LogP contribution in [-0.4, -0.2) is 66.0 Å². The molecule has 1 atom stereocenters. The fourth-order valence-corrected chi connectivity index (χ4v) is 4.36. The van der Waals surface area contributed by atoms with Gasteiger partial charge in [0.1, 0.15) is 17.6 Å². The zero-order chi connectivity index (χ0) is 18.1. The molecule has 3 heterocycles. The molecule has 3 aliphatic rings. The molecule has 1 amide bonds. The number of carbonyl (C=O) groups excluding carboxylic acids is 1. The average molecular weight is 353 g/mol. The van der Waals surface area contributed by atoms with Gasteiger partial charge in [-0.3, -0.25) is 9.69 Å². The van der Waals surface area contributed by atoms with Crippen molar-refractivity contribution in [1.82, 2.24) is 14.8 Å². The lowest BCUT2D eigenvalue weighted by atomic mass is 9.86. The molecule has 0 N–H and O–H groups in total. The predicted octanol–water partition coefficient (Wildman–Crippen LogP) is 1.87. The Morgan fingerprint density at radius 3 is 2.88 bits per heavy atom.